The molecule has 4 N–H and O–H groups in total. The molecule has 7 nitrogen and oxygen atoms in total. The maximum absolute atomic E-state index is 12.7. The molecule has 0 unspecified atom stereocenters. The summed E-state index contributed by atoms with van der Waals surface area (Å²) in [5.74, 6) is -1.84. The van der Waals surface area contributed by atoms with E-state index in [1.807, 2.05) is 6.92 Å². The SMILES string of the molecule is CCCNc1cc(NCCS(N)(=O)=O)nc(C(F)(F)F)n1. The number of aromatic nitrogens is 2. The Morgan fingerprint density at radius 1 is 1.19 bits per heavy atom. The van der Waals surface area contributed by atoms with Crippen molar-refractivity contribution in [2.45, 2.75) is 19.5 Å². The molecule has 0 atom stereocenters. The van der Waals surface area contributed by atoms with Gasteiger partial charge < -0.3 is 10.6 Å². The van der Waals surface area contributed by atoms with Crippen molar-refractivity contribution in [1.82, 2.24) is 9.97 Å². The molecule has 0 bridgehead atoms. The Hall–Kier alpha value is -1.62. The van der Waals surface area contributed by atoms with Gasteiger partial charge in [-0.3, -0.25) is 0 Å². The van der Waals surface area contributed by atoms with Crippen molar-refractivity contribution in [3.63, 3.8) is 0 Å². The minimum absolute atomic E-state index is 0.0114. The average molecular weight is 327 g/mol. The first-order valence-corrected chi connectivity index (χ1v) is 7.78. The molecule has 11 heteroatoms. The van der Waals surface area contributed by atoms with E-state index in [2.05, 4.69) is 20.6 Å². The summed E-state index contributed by atoms with van der Waals surface area (Å²) in [5, 5.41) is 10.0. The highest BCUT2D eigenvalue weighted by atomic mass is 32.2. The topological polar surface area (TPSA) is 110 Å². The smallest absolute Gasteiger partial charge is 0.370 e. The van der Waals surface area contributed by atoms with Gasteiger partial charge in [0.2, 0.25) is 15.8 Å². The van der Waals surface area contributed by atoms with Gasteiger partial charge in [0.1, 0.15) is 11.6 Å². The Kier molecular flexibility index (Phi) is 5.72. The van der Waals surface area contributed by atoms with E-state index in [0.717, 1.165) is 0 Å². The predicted octanol–water partition coefficient (Wildman–Crippen LogP) is 1.02. The molecule has 1 aromatic rings. The highest BCUT2D eigenvalue weighted by molar-refractivity contribution is 7.89. The Morgan fingerprint density at radius 2 is 1.71 bits per heavy atom. The Bertz CT molecular complexity index is 577. The first kappa shape index (κ1) is 17.4. The van der Waals surface area contributed by atoms with Crippen LogP contribution in [0.15, 0.2) is 6.07 Å². The van der Waals surface area contributed by atoms with Crippen LogP contribution in [-0.2, 0) is 16.2 Å². The molecule has 0 aliphatic heterocycles. The van der Waals surface area contributed by atoms with Gasteiger partial charge in [0.15, 0.2) is 0 Å². The van der Waals surface area contributed by atoms with E-state index in [4.69, 9.17) is 5.14 Å². The fourth-order valence-corrected chi connectivity index (χ4v) is 1.72. The van der Waals surface area contributed by atoms with Crippen LogP contribution in [-0.4, -0.2) is 37.2 Å². The van der Waals surface area contributed by atoms with Gasteiger partial charge in [-0.05, 0) is 6.42 Å². The monoisotopic (exact) mass is 327 g/mol. The second kappa shape index (κ2) is 6.89. The van der Waals surface area contributed by atoms with Crippen LogP contribution in [0.3, 0.4) is 0 Å². The summed E-state index contributed by atoms with van der Waals surface area (Å²) < 4.78 is 59.6. The summed E-state index contributed by atoms with van der Waals surface area (Å²) in [6.45, 7) is 2.15. The third-order valence-corrected chi connectivity index (χ3v) is 3.00. The first-order chi connectivity index (χ1) is 9.62. The minimum Gasteiger partial charge on any atom is -0.370 e. The van der Waals surface area contributed by atoms with Gasteiger partial charge in [-0.2, -0.15) is 13.2 Å². The van der Waals surface area contributed by atoms with Crippen molar-refractivity contribution in [2.75, 3.05) is 29.5 Å². The zero-order valence-corrected chi connectivity index (χ0v) is 12.1. The molecule has 0 aliphatic carbocycles. The molecule has 0 radical (unpaired) electrons. The molecule has 120 valence electrons. The molecule has 0 aromatic carbocycles. The van der Waals surface area contributed by atoms with Crippen molar-refractivity contribution in [3.05, 3.63) is 11.9 Å². The van der Waals surface area contributed by atoms with Crippen LogP contribution >= 0.6 is 0 Å². The van der Waals surface area contributed by atoms with Crippen molar-refractivity contribution >= 4 is 21.7 Å². The van der Waals surface area contributed by atoms with E-state index in [1.165, 1.54) is 6.07 Å². The van der Waals surface area contributed by atoms with Crippen molar-refractivity contribution in [1.29, 1.82) is 0 Å². The molecular formula is C10H16F3N5O2S. The van der Waals surface area contributed by atoms with Gasteiger partial charge in [0.05, 0.1) is 5.75 Å². The summed E-state index contributed by atoms with van der Waals surface area (Å²) >= 11 is 0. The lowest BCUT2D eigenvalue weighted by atomic mass is 10.4. The molecule has 0 amide bonds. The molecule has 21 heavy (non-hydrogen) atoms. The molecule has 0 spiro atoms. The number of nitrogens with two attached hydrogens (primary N) is 1. The zero-order valence-electron chi connectivity index (χ0n) is 11.2. The van der Waals surface area contributed by atoms with E-state index in [-0.39, 0.29) is 18.2 Å². The van der Waals surface area contributed by atoms with E-state index in [9.17, 15) is 21.6 Å². The summed E-state index contributed by atoms with van der Waals surface area (Å²) in [4.78, 5) is 6.68. The Balaban J connectivity index is 2.91. The van der Waals surface area contributed by atoms with Gasteiger partial charge >= 0.3 is 6.18 Å². The van der Waals surface area contributed by atoms with Crippen LogP contribution in [0.4, 0.5) is 24.8 Å². The number of hydrogen-bond donors (Lipinski definition) is 3. The van der Waals surface area contributed by atoms with Crippen LogP contribution in [0.25, 0.3) is 0 Å². The van der Waals surface area contributed by atoms with E-state index >= 15 is 0 Å². The number of alkyl halides is 3. The summed E-state index contributed by atoms with van der Waals surface area (Å²) in [6, 6.07) is 1.27. The fourth-order valence-electron chi connectivity index (χ4n) is 1.33. The molecule has 0 fully saturated rings. The molecule has 0 saturated heterocycles. The van der Waals surface area contributed by atoms with Crippen LogP contribution in [0.2, 0.25) is 0 Å². The number of rotatable bonds is 7. The predicted molar refractivity (Wildman–Crippen MR) is 72.3 cm³/mol. The summed E-state index contributed by atoms with van der Waals surface area (Å²) in [7, 11) is -3.70. The van der Waals surface area contributed by atoms with E-state index < -0.39 is 27.8 Å². The maximum Gasteiger partial charge on any atom is 0.451 e. The van der Waals surface area contributed by atoms with Gasteiger partial charge in [0, 0.05) is 19.2 Å². The van der Waals surface area contributed by atoms with Crippen molar-refractivity contribution < 1.29 is 21.6 Å². The van der Waals surface area contributed by atoms with Crippen molar-refractivity contribution in [3.8, 4) is 0 Å². The molecule has 1 heterocycles. The number of anilines is 2. The normalized spacial score (nSPS) is 12.2. The zero-order chi connectivity index (χ0) is 16.1. The maximum atomic E-state index is 12.7. The fraction of sp³-hybridized carbons (Fsp3) is 0.600. The van der Waals surface area contributed by atoms with Crippen LogP contribution in [0, 0.1) is 0 Å². The molecule has 0 saturated carbocycles. The number of hydrogen-bond acceptors (Lipinski definition) is 6. The van der Waals surface area contributed by atoms with E-state index in [0.29, 0.717) is 13.0 Å². The highest BCUT2D eigenvalue weighted by Crippen LogP contribution is 2.28. The second-order valence-electron chi connectivity index (χ2n) is 4.18. The third-order valence-electron chi connectivity index (χ3n) is 2.23. The quantitative estimate of drug-likeness (QED) is 0.689. The number of nitrogens with one attached hydrogen (secondary N) is 2. The van der Waals surface area contributed by atoms with Gasteiger partial charge in [-0.25, -0.2) is 23.5 Å². The number of primary sulfonamides is 1. The average Bonchev–Trinajstić information content (AvgIpc) is 2.33. The standard InChI is InChI=1S/C10H16F3N5O2S/c1-2-3-15-7-6-8(16-4-5-21(14,19)20)18-9(17-7)10(11,12)13/h6H,2-5H2,1H3,(H2,14,19,20)(H2,15,16,17,18). The largest absolute Gasteiger partial charge is 0.451 e. The van der Waals surface area contributed by atoms with Crippen molar-refractivity contribution in [2.24, 2.45) is 5.14 Å². The number of halogens is 3. The second-order valence-corrected chi connectivity index (χ2v) is 5.91. The van der Waals surface area contributed by atoms with Crippen LogP contribution in [0.1, 0.15) is 19.2 Å². The number of nitrogens with zero attached hydrogens (tertiary/aromatic N) is 2. The summed E-state index contributed by atoms with van der Waals surface area (Å²) in [6.07, 6.45) is -3.99. The first-order valence-electron chi connectivity index (χ1n) is 6.06. The van der Waals surface area contributed by atoms with Gasteiger partial charge in [0.25, 0.3) is 0 Å². The molecule has 1 aromatic heterocycles. The lowest BCUT2D eigenvalue weighted by molar-refractivity contribution is -0.144. The molecule has 1 rings (SSSR count). The lowest BCUT2D eigenvalue weighted by Gasteiger charge is -2.12. The number of sulfonamides is 1. The Labute approximate surface area is 120 Å². The van der Waals surface area contributed by atoms with E-state index in [1.54, 1.807) is 0 Å². The molecule has 0 aliphatic rings. The lowest BCUT2D eigenvalue weighted by Crippen LogP contribution is -2.23. The van der Waals surface area contributed by atoms with Crippen LogP contribution < -0.4 is 15.8 Å². The third kappa shape index (κ3) is 6.58. The summed E-state index contributed by atoms with van der Waals surface area (Å²) in [5.41, 5.74) is 0. The van der Waals surface area contributed by atoms with Crippen LogP contribution in [0.5, 0.6) is 0 Å². The van der Waals surface area contributed by atoms with Gasteiger partial charge in [-0.1, -0.05) is 6.92 Å². The highest BCUT2D eigenvalue weighted by Gasteiger charge is 2.35. The minimum atomic E-state index is -4.69. The Morgan fingerprint density at radius 3 is 2.14 bits per heavy atom. The molecular weight excluding hydrogens is 311 g/mol. The van der Waals surface area contributed by atoms with Gasteiger partial charge in [-0.15, -0.1) is 0 Å².